The molecule has 0 amide bonds. The predicted octanol–water partition coefficient (Wildman–Crippen LogP) is 4.76. The van der Waals surface area contributed by atoms with Crippen molar-refractivity contribution in [2.24, 2.45) is 5.41 Å². The molecule has 0 fully saturated rings. The van der Waals surface area contributed by atoms with Gasteiger partial charge in [-0.05, 0) is 29.2 Å². The normalized spacial score (nSPS) is 15.9. The number of phenols is 1. The van der Waals surface area contributed by atoms with E-state index in [-0.39, 0.29) is 22.6 Å². The lowest BCUT2D eigenvalue weighted by Crippen LogP contribution is -2.28. The summed E-state index contributed by atoms with van der Waals surface area (Å²) in [6, 6.07) is 15.2. The first-order valence-corrected chi connectivity index (χ1v) is 8.99. The number of hydrogen-bond donors (Lipinski definition) is 2. The topological polar surface area (TPSA) is 75.3 Å². The van der Waals surface area contributed by atoms with E-state index < -0.39 is 5.97 Å². The van der Waals surface area contributed by atoms with Gasteiger partial charge in [0, 0.05) is 23.6 Å². The van der Waals surface area contributed by atoms with Crippen LogP contribution in [0, 0.1) is 5.41 Å². The van der Waals surface area contributed by atoms with Crippen LogP contribution in [0.15, 0.2) is 48.5 Å². The SMILES string of the molecule is CC(C)(C)C1Cn2nc(-c3ccccc3)cc2-c2cc(O)c(C(=O)O)cc21. The predicted molar refractivity (Wildman–Crippen MR) is 104 cm³/mol. The minimum Gasteiger partial charge on any atom is -0.507 e. The average molecular weight is 362 g/mol. The Hall–Kier alpha value is -3.08. The molecule has 3 aromatic rings. The fourth-order valence-corrected chi connectivity index (χ4v) is 3.82. The Labute approximate surface area is 157 Å². The monoisotopic (exact) mass is 362 g/mol. The third kappa shape index (κ3) is 2.89. The molecule has 0 saturated heterocycles. The highest BCUT2D eigenvalue weighted by Crippen LogP contribution is 2.47. The minimum absolute atomic E-state index is 0.0563. The Morgan fingerprint density at radius 3 is 2.48 bits per heavy atom. The highest BCUT2D eigenvalue weighted by atomic mass is 16.4. The van der Waals surface area contributed by atoms with E-state index in [9.17, 15) is 15.0 Å². The van der Waals surface area contributed by atoms with Gasteiger partial charge in [-0.3, -0.25) is 4.68 Å². The first-order valence-electron chi connectivity index (χ1n) is 8.99. The van der Waals surface area contributed by atoms with Crippen LogP contribution in [0.3, 0.4) is 0 Å². The van der Waals surface area contributed by atoms with Crippen molar-refractivity contribution in [2.75, 3.05) is 0 Å². The molecule has 2 aromatic carbocycles. The fourth-order valence-electron chi connectivity index (χ4n) is 3.82. The number of rotatable bonds is 2. The van der Waals surface area contributed by atoms with Crippen LogP contribution in [0.1, 0.15) is 42.6 Å². The minimum atomic E-state index is -1.12. The molecule has 0 spiro atoms. The molecule has 1 unspecified atom stereocenters. The zero-order valence-electron chi connectivity index (χ0n) is 15.6. The van der Waals surface area contributed by atoms with Gasteiger partial charge in [-0.2, -0.15) is 5.10 Å². The molecule has 5 nitrogen and oxygen atoms in total. The van der Waals surface area contributed by atoms with Gasteiger partial charge < -0.3 is 10.2 Å². The summed E-state index contributed by atoms with van der Waals surface area (Å²) in [4.78, 5) is 11.5. The second-order valence-corrected chi connectivity index (χ2v) is 8.14. The first-order chi connectivity index (χ1) is 12.8. The largest absolute Gasteiger partial charge is 0.507 e. The molecule has 1 atom stereocenters. The molecule has 1 aliphatic heterocycles. The molecule has 138 valence electrons. The van der Waals surface area contributed by atoms with Crippen molar-refractivity contribution < 1.29 is 15.0 Å². The molecule has 0 radical (unpaired) electrons. The first kappa shape index (κ1) is 17.3. The van der Waals surface area contributed by atoms with Crippen LogP contribution in [0.25, 0.3) is 22.5 Å². The zero-order chi connectivity index (χ0) is 19.3. The van der Waals surface area contributed by atoms with E-state index in [0.29, 0.717) is 6.54 Å². The van der Waals surface area contributed by atoms with Crippen molar-refractivity contribution >= 4 is 5.97 Å². The summed E-state index contributed by atoms with van der Waals surface area (Å²) in [7, 11) is 0. The van der Waals surface area contributed by atoms with Crippen LogP contribution in [-0.4, -0.2) is 26.0 Å². The summed E-state index contributed by atoms with van der Waals surface area (Å²) < 4.78 is 1.97. The Morgan fingerprint density at radius 1 is 1.15 bits per heavy atom. The lowest BCUT2D eigenvalue weighted by Gasteiger charge is -2.36. The number of aromatic nitrogens is 2. The molecule has 1 aliphatic rings. The molecule has 0 aliphatic carbocycles. The molecule has 2 N–H and O–H groups in total. The van der Waals surface area contributed by atoms with E-state index >= 15 is 0 Å². The zero-order valence-corrected chi connectivity index (χ0v) is 15.6. The number of carbonyl (C=O) groups is 1. The molecule has 4 rings (SSSR count). The third-order valence-electron chi connectivity index (χ3n) is 5.30. The Bertz CT molecular complexity index is 1030. The number of carboxylic acids is 1. The van der Waals surface area contributed by atoms with Crippen LogP contribution in [-0.2, 0) is 6.54 Å². The van der Waals surface area contributed by atoms with E-state index in [0.717, 1.165) is 28.1 Å². The van der Waals surface area contributed by atoms with E-state index in [1.807, 2.05) is 41.1 Å². The molecule has 1 aromatic heterocycles. The van der Waals surface area contributed by atoms with E-state index in [4.69, 9.17) is 5.10 Å². The van der Waals surface area contributed by atoms with E-state index in [1.165, 1.54) is 0 Å². The van der Waals surface area contributed by atoms with Crippen molar-refractivity contribution in [3.63, 3.8) is 0 Å². The van der Waals surface area contributed by atoms with Crippen LogP contribution < -0.4 is 0 Å². The van der Waals surface area contributed by atoms with Crippen molar-refractivity contribution in [1.29, 1.82) is 0 Å². The maximum Gasteiger partial charge on any atom is 0.339 e. The summed E-state index contributed by atoms with van der Waals surface area (Å²) in [5.41, 5.74) is 4.45. The third-order valence-corrected chi connectivity index (χ3v) is 5.30. The van der Waals surface area contributed by atoms with Crippen LogP contribution in [0.2, 0.25) is 0 Å². The second-order valence-electron chi connectivity index (χ2n) is 8.14. The van der Waals surface area contributed by atoms with Crippen molar-refractivity contribution in [3.05, 3.63) is 59.7 Å². The van der Waals surface area contributed by atoms with Gasteiger partial charge in [-0.1, -0.05) is 51.1 Å². The number of aromatic carboxylic acids is 1. The number of carboxylic acid groups (broad SMARTS) is 1. The average Bonchev–Trinajstić information content (AvgIpc) is 3.05. The number of aromatic hydroxyl groups is 1. The van der Waals surface area contributed by atoms with Crippen LogP contribution in [0.5, 0.6) is 5.75 Å². The number of benzene rings is 2. The van der Waals surface area contributed by atoms with Gasteiger partial charge in [0.2, 0.25) is 0 Å². The van der Waals surface area contributed by atoms with Crippen LogP contribution >= 0.6 is 0 Å². The van der Waals surface area contributed by atoms with Crippen LogP contribution in [0.4, 0.5) is 0 Å². The quantitative estimate of drug-likeness (QED) is 0.689. The maximum absolute atomic E-state index is 11.5. The summed E-state index contributed by atoms with van der Waals surface area (Å²) in [5, 5.41) is 24.5. The molecule has 2 heterocycles. The summed E-state index contributed by atoms with van der Waals surface area (Å²) in [6.07, 6.45) is 0. The molecular weight excluding hydrogens is 340 g/mol. The van der Waals surface area contributed by atoms with E-state index in [2.05, 4.69) is 20.8 Å². The van der Waals surface area contributed by atoms with Gasteiger partial charge in [-0.25, -0.2) is 4.79 Å². The van der Waals surface area contributed by atoms with Crippen molar-refractivity contribution in [2.45, 2.75) is 33.2 Å². The number of hydrogen-bond acceptors (Lipinski definition) is 3. The summed E-state index contributed by atoms with van der Waals surface area (Å²) in [6.45, 7) is 7.09. The molecule has 0 saturated carbocycles. The number of nitrogens with zero attached hydrogens (tertiary/aromatic N) is 2. The molecule has 27 heavy (non-hydrogen) atoms. The van der Waals surface area contributed by atoms with Crippen molar-refractivity contribution in [3.8, 4) is 28.3 Å². The van der Waals surface area contributed by atoms with Gasteiger partial charge in [-0.15, -0.1) is 0 Å². The number of fused-ring (bicyclic) bond motifs is 3. The maximum atomic E-state index is 11.5. The molecular formula is C22H22N2O3. The van der Waals surface area contributed by atoms with Gasteiger partial charge in [0.25, 0.3) is 0 Å². The summed E-state index contributed by atoms with van der Waals surface area (Å²) >= 11 is 0. The summed E-state index contributed by atoms with van der Waals surface area (Å²) in [5.74, 6) is -1.25. The van der Waals surface area contributed by atoms with Crippen molar-refractivity contribution in [1.82, 2.24) is 9.78 Å². The Kier molecular flexibility index (Phi) is 3.84. The van der Waals surface area contributed by atoms with Gasteiger partial charge >= 0.3 is 5.97 Å². The lowest BCUT2D eigenvalue weighted by atomic mass is 9.73. The smallest absolute Gasteiger partial charge is 0.339 e. The Balaban J connectivity index is 1.94. The lowest BCUT2D eigenvalue weighted by molar-refractivity contribution is 0.0693. The molecule has 5 heteroatoms. The molecule has 0 bridgehead atoms. The standard InChI is InChI=1S/C22H22N2O3/c1-22(2,3)17-12-24-19(11-18(23-24)13-7-5-4-6-8-13)15-10-20(25)16(21(26)27)9-14(15)17/h4-11,17,25H,12H2,1-3H3,(H,26,27). The van der Waals surface area contributed by atoms with Gasteiger partial charge in [0.15, 0.2) is 0 Å². The fraction of sp³-hybridized carbons (Fsp3) is 0.273. The Morgan fingerprint density at radius 2 is 1.85 bits per heavy atom. The van der Waals surface area contributed by atoms with E-state index in [1.54, 1.807) is 12.1 Å². The second kappa shape index (κ2) is 5.98. The highest BCUT2D eigenvalue weighted by Gasteiger charge is 2.35. The van der Waals surface area contributed by atoms with Gasteiger partial charge in [0.1, 0.15) is 11.3 Å². The van der Waals surface area contributed by atoms with Gasteiger partial charge in [0.05, 0.1) is 11.4 Å². The highest BCUT2D eigenvalue weighted by molar-refractivity contribution is 5.92.